The van der Waals surface area contributed by atoms with E-state index in [1.165, 1.54) is 25.8 Å². The van der Waals surface area contributed by atoms with Crippen molar-refractivity contribution in [3.8, 4) is 0 Å². The zero-order valence-electron chi connectivity index (χ0n) is 8.02. The largest absolute Gasteiger partial charge is 0.0984 e. The molecule has 0 heterocycles. The number of hydrogen-bond acceptors (Lipinski definition) is 0. The van der Waals surface area contributed by atoms with E-state index in [0.29, 0.717) is 0 Å². The van der Waals surface area contributed by atoms with Gasteiger partial charge in [0.15, 0.2) is 0 Å². The van der Waals surface area contributed by atoms with E-state index in [9.17, 15) is 0 Å². The second-order valence-electron chi connectivity index (χ2n) is 3.04. The smallest absolute Gasteiger partial charge is 0.0168 e. The van der Waals surface area contributed by atoms with Crippen LogP contribution in [0.4, 0.5) is 0 Å². The number of aryl methyl sites for hydroxylation is 1. The molecule has 0 saturated heterocycles. The van der Waals surface area contributed by atoms with Crippen molar-refractivity contribution in [2.75, 3.05) is 0 Å². The fourth-order valence-corrected chi connectivity index (χ4v) is 2.21. The van der Waals surface area contributed by atoms with Gasteiger partial charge in [-0.1, -0.05) is 25.3 Å². The van der Waals surface area contributed by atoms with E-state index in [1.807, 2.05) is 12.2 Å². The third-order valence-corrected chi connectivity index (χ3v) is 3.35. The van der Waals surface area contributed by atoms with Crippen LogP contribution in [-0.2, 0) is 0 Å². The van der Waals surface area contributed by atoms with Gasteiger partial charge in [0.25, 0.3) is 0 Å². The van der Waals surface area contributed by atoms with Gasteiger partial charge in [0.05, 0.1) is 0 Å². The molecule has 0 spiro atoms. The molecule has 0 atom stereocenters. The highest BCUT2D eigenvalue weighted by Crippen LogP contribution is 2.25. The summed E-state index contributed by atoms with van der Waals surface area (Å²) in [6.07, 6.45) is 3.80. The van der Waals surface area contributed by atoms with E-state index in [2.05, 4.69) is 55.7 Å². The average molecular weight is 284 g/mol. The number of halogens is 1. The molecule has 0 unspecified atom stereocenters. The molecule has 0 fully saturated rings. The first kappa shape index (κ1) is 10.5. The van der Waals surface area contributed by atoms with Gasteiger partial charge in [-0.3, -0.25) is 0 Å². The molecule has 0 aromatic heterocycles. The number of hydrogen-bond donors (Lipinski definition) is 0. The predicted molar refractivity (Wildman–Crippen MR) is 68.8 cm³/mol. The topological polar surface area (TPSA) is 0 Å². The Hall–Kier alpha value is -0.570. The molecule has 1 aromatic carbocycles. The normalized spacial score (nSPS) is 9.77. The van der Waals surface area contributed by atoms with Crippen molar-refractivity contribution < 1.29 is 0 Å². The van der Waals surface area contributed by atoms with Gasteiger partial charge in [0.2, 0.25) is 0 Å². The first-order valence-corrected chi connectivity index (χ1v) is 5.24. The molecule has 1 aromatic rings. The highest BCUT2D eigenvalue weighted by Gasteiger charge is 2.06. The minimum atomic E-state index is 1.20. The molecule has 0 aliphatic carbocycles. The zero-order chi connectivity index (χ0) is 10.0. The summed E-state index contributed by atoms with van der Waals surface area (Å²) < 4.78 is 1.29. The van der Waals surface area contributed by atoms with Gasteiger partial charge in [-0.2, -0.15) is 0 Å². The summed E-state index contributed by atoms with van der Waals surface area (Å²) in [5.74, 6) is 0. The maximum atomic E-state index is 3.83. The van der Waals surface area contributed by atoms with E-state index in [-0.39, 0.29) is 0 Å². The van der Waals surface area contributed by atoms with Gasteiger partial charge >= 0.3 is 0 Å². The van der Waals surface area contributed by atoms with Crippen LogP contribution in [0.3, 0.4) is 0 Å². The summed E-state index contributed by atoms with van der Waals surface area (Å²) in [5.41, 5.74) is 4.96. The molecular formula is C12H13I. The molecule has 0 amide bonds. The Morgan fingerprint density at radius 1 is 1.15 bits per heavy atom. The van der Waals surface area contributed by atoms with Crippen molar-refractivity contribution in [1.29, 1.82) is 0 Å². The van der Waals surface area contributed by atoms with Crippen LogP contribution in [0.25, 0.3) is 12.2 Å². The minimum absolute atomic E-state index is 1.20. The van der Waals surface area contributed by atoms with Crippen molar-refractivity contribution in [1.82, 2.24) is 0 Å². The lowest BCUT2D eigenvalue weighted by Gasteiger charge is -2.10. The summed E-state index contributed by atoms with van der Waals surface area (Å²) >= 11 is 2.35. The Morgan fingerprint density at radius 2 is 1.69 bits per heavy atom. The monoisotopic (exact) mass is 284 g/mol. The lowest BCUT2D eigenvalue weighted by atomic mass is 9.97. The average Bonchev–Trinajstić information content (AvgIpc) is 2.10. The van der Waals surface area contributed by atoms with Gasteiger partial charge in [-0.15, -0.1) is 0 Å². The van der Waals surface area contributed by atoms with Crippen molar-refractivity contribution in [3.63, 3.8) is 0 Å². The molecule has 0 radical (unpaired) electrons. The van der Waals surface area contributed by atoms with Gasteiger partial charge in [-0.25, -0.2) is 0 Å². The van der Waals surface area contributed by atoms with E-state index in [1.54, 1.807) is 0 Å². The Bertz CT molecular complexity index is 362. The molecule has 0 N–H and O–H groups in total. The first-order chi connectivity index (χ1) is 6.11. The molecule has 1 heteroatoms. The number of benzene rings is 1. The zero-order valence-corrected chi connectivity index (χ0v) is 10.2. The van der Waals surface area contributed by atoms with Gasteiger partial charge < -0.3 is 0 Å². The molecule has 13 heavy (non-hydrogen) atoms. The maximum Gasteiger partial charge on any atom is 0.0168 e. The SMILES string of the molecule is C=Cc1c(C)cc(I)c(C)c1C=C. The summed E-state index contributed by atoms with van der Waals surface area (Å²) in [6.45, 7) is 11.9. The lowest BCUT2D eigenvalue weighted by molar-refractivity contribution is 1.33. The molecule has 0 saturated carbocycles. The third kappa shape index (κ3) is 1.85. The van der Waals surface area contributed by atoms with Gasteiger partial charge in [0.1, 0.15) is 0 Å². The Kier molecular flexibility index (Phi) is 3.31. The molecule has 0 nitrogen and oxygen atoms in total. The van der Waals surface area contributed by atoms with Crippen molar-refractivity contribution in [3.05, 3.63) is 45.0 Å². The fraction of sp³-hybridized carbons (Fsp3) is 0.167. The Balaban J connectivity index is 3.59. The first-order valence-electron chi connectivity index (χ1n) is 4.16. The van der Waals surface area contributed by atoms with Crippen LogP contribution in [0.1, 0.15) is 22.3 Å². The van der Waals surface area contributed by atoms with Crippen LogP contribution in [0.2, 0.25) is 0 Å². The molecule has 1 rings (SSSR count). The summed E-state index contributed by atoms with van der Waals surface area (Å²) in [6, 6.07) is 2.18. The maximum absolute atomic E-state index is 3.83. The third-order valence-electron chi connectivity index (χ3n) is 2.23. The van der Waals surface area contributed by atoms with E-state index >= 15 is 0 Å². The van der Waals surface area contributed by atoms with Crippen LogP contribution >= 0.6 is 22.6 Å². The second kappa shape index (κ2) is 4.09. The van der Waals surface area contributed by atoms with Crippen molar-refractivity contribution in [2.24, 2.45) is 0 Å². The summed E-state index contributed by atoms with van der Waals surface area (Å²) in [5, 5.41) is 0. The molecule has 0 aliphatic rings. The molecule has 0 bridgehead atoms. The standard InChI is InChI=1S/C12H13I/c1-5-10-8(3)7-12(13)9(4)11(10)6-2/h5-7H,1-2H2,3-4H3. The Labute approximate surface area is 93.5 Å². The van der Waals surface area contributed by atoms with E-state index in [4.69, 9.17) is 0 Å². The molecule has 0 aliphatic heterocycles. The number of rotatable bonds is 2. The highest BCUT2D eigenvalue weighted by molar-refractivity contribution is 14.1. The molecule has 68 valence electrons. The van der Waals surface area contributed by atoms with Gasteiger partial charge in [-0.05, 0) is 64.8 Å². The highest BCUT2D eigenvalue weighted by atomic mass is 127. The fourth-order valence-electron chi connectivity index (χ4n) is 1.45. The van der Waals surface area contributed by atoms with Crippen molar-refractivity contribution in [2.45, 2.75) is 13.8 Å². The van der Waals surface area contributed by atoms with Crippen LogP contribution in [0.5, 0.6) is 0 Å². The quantitative estimate of drug-likeness (QED) is 0.714. The summed E-state index contributed by atoms with van der Waals surface area (Å²) in [4.78, 5) is 0. The van der Waals surface area contributed by atoms with Gasteiger partial charge in [0, 0.05) is 3.57 Å². The van der Waals surface area contributed by atoms with Crippen LogP contribution in [-0.4, -0.2) is 0 Å². The van der Waals surface area contributed by atoms with Crippen molar-refractivity contribution >= 4 is 34.7 Å². The van der Waals surface area contributed by atoms with Crippen LogP contribution in [0.15, 0.2) is 19.2 Å². The molecular weight excluding hydrogens is 271 g/mol. The van der Waals surface area contributed by atoms with E-state index < -0.39 is 0 Å². The predicted octanol–water partition coefficient (Wildman–Crippen LogP) is 4.19. The van der Waals surface area contributed by atoms with E-state index in [0.717, 1.165) is 0 Å². The van der Waals surface area contributed by atoms with Crippen LogP contribution < -0.4 is 0 Å². The minimum Gasteiger partial charge on any atom is -0.0984 e. The second-order valence-corrected chi connectivity index (χ2v) is 4.20. The Morgan fingerprint density at radius 3 is 2.15 bits per heavy atom. The lowest BCUT2D eigenvalue weighted by Crippen LogP contribution is -1.93. The summed E-state index contributed by atoms with van der Waals surface area (Å²) in [7, 11) is 0. The van der Waals surface area contributed by atoms with Crippen LogP contribution in [0, 0.1) is 17.4 Å².